The molecule has 30 heavy (non-hydrogen) atoms. The number of nitrogens with zero attached hydrogens (tertiary/aromatic N) is 2. The lowest BCUT2D eigenvalue weighted by Gasteiger charge is -2.22. The minimum Gasteiger partial charge on any atom is -0.356 e. The molecule has 3 aromatic rings. The van der Waals surface area contributed by atoms with Gasteiger partial charge in [-0.05, 0) is 42.7 Å². The zero-order valence-corrected chi connectivity index (χ0v) is 17.4. The molecule has 2 heterocycles. The normalized spacial score (nSPS) is 12.7. The quantitative estimate of drug-likeness (QED) is 0.581. The van der Waals surface area contributed by atoms with Crippen LogP contribution < -0.4 is 10.2 Å². The number of hydrogen-bond acceptors (Lipinski definition) is 4. The summed E-state index contributed by atoms with van der Waals surface area (Å²) in [6.45, 7) is 0.954. The van der Waals surface area contributed by atoms with Crippen LogP contribution in [0.15, 0.2) is 82.8 Å². The minimum atomic E-state index is -0.118. The van der Waals surface area contributed by atoms with Crippen LogP contribution in [0.5, 0.6) is 0 Å². The van der Waals surface area contributed by atoms with E-state index in [1.54, 1.807) is 23.2 Å². The first-order valence-corrected chi connectivity index (χ1v) is 10.9. The van der Waals surface area contributed by atoms with Crippen LogP contribution in [-0.4, -0.2) is 29.9 Å². The van der Waals surface area contributed by atoms with Crippen LogP contribution in [-0.2, 0) is 11.2 Å². The molecule has 0 spiro atoms. The van der Waals surface area contributed by atoms with Gasteiger partial charge in [0.05, 0.1) is 11.3 Å². The fourth-order valence-corrected chi connectivity index (χ4v) is 4.47. The highest BCUT2D eigenvalue weighted by Gasteiger charge is 2.27. The summed E-state index contributed by atoms with van der Waals surface area (Å²) in [4.78, 5) is 32.6. The summed E-state index contributed by atoms with van der Waals surface area (Å²) in [6.07, 6.45) is 3.77. The number of hydrogen-bond donors (Lipinski definition) is 1. The molecule has 2 aromatic carbocycles. The second-order valence-electron chi connectivity index (χ2n) is 7.07. The molecule has 1 aromatic heterocycles. The maximum absolute atomic E-state index is 13.2. The van der Waals surface area contributed by atoms with Crippen LogP contribution in [0.4, 0.5) is 5.69 Å². The number of aromatic nitrogens is 1. The Hall–Kier alpha value is -3.12. The number of para-hydroxylation sites is 1. The Bertz CT molecular complexity index is 1040. The number of amides is 2. The van der Waals surface area contributed by atoms with Crippen LogP contribution in [0.2, 0.25) is 0 Å². The molecule has 0 fully saturated rings. The molecule has 0 radical (unpaired) electrons. The number of pyridine rings is 1. The molecule has 152 valence electrons. The van der Waals surface area contributed by atoms with Crippen molar-refractivity contribution in [2.45, 2.75) is 29.2 Å². The lowest BCUT2D eigenvalue weighted by atomic mass is 10.1. The zero-order chi connectivity index (χ0) is 20.8. The fourth-order valence-electron chi connectivity index (χ4n) is 3.45. The summed E-state index contributed by atoms with van der Waals surface area (Å²) in [5, 5.41) is 3.67. The van der Waals surface area contributed by atoms with E-state index in [1.807, 2.05) is 42.5 Å². The molecule has 6 heteroatoms. The van der Waals surface area contributed by atoms with Gasteiger partial charge in [0.15, 0.2) is 0 Å². The van der Waals surface area contributed by atoms with E-state index in [-0.39, 0.29) is 18.2 Å². The van der Waals surface area contributed by atoms with Gasteiger partial charge in [-0.15, -0.1) is 0 Å². The Labute approximate surface area is 180 Å². The van der Waals surface area contributed by atoms with Crippen molar-refractivity contribution in [1.29, 1.82) is 0 Å². The van der Waals surface area contributed by atoms with E-state index in [0.717, 1.165) is 23.4 Å². The predicted octanol–water partition coefficient (Wildman–Crippen LogP) is 4.33. The first-order valence-electron chi connectivity index (χ1n) is 10.1. The van der Waals surface area contributed by atoms with Gasteiger partial charge in [0, 0.05) is 30.6 Å². The molecule has 0 aliphatic carbocycles. The number of carbonyl (C=O) groups excluding carboxylic acids is 2. The van der Waals surface area contributed by atoms with E-state index < -0.39 is 0 Å². The molecule has 1 aliphatic rings. The molecule has 0 unspecified atom stereocenters. The van der Waals surface area contributed by atoms with Crippen molar-refractivity contribution in [3.05, 3.63) is 84.1 Å². The number of rotatable bonds is 7. The summed E-state index contributed by atoms with van der Waals surface area (Å²) in [6, 6.07) is 21.5. The predicted molar refractivity (Wildman–Crippen MR) is 119 cm³/mol. The smallest absolute Gasteiger partial charge is 0.261 e. The lowest BCUT2D eigenvalue weighted by molar-refractivity contribution is -0.120. The number of benzene rings is 2. The summed E-state index contributed by atoms with van der Waals surface area (Å²) in [5.41, 5.74) is 2.66. The Kier molecular flexibility index (Phi) is 6.44. The molecule has 0 bridgehead atoms. The number of aryl methyl sites for hydroxylation is 1. The summed E-state index contributed by atoms with van der Waals surface area (Å²) >= 11 is 1.49. The highest BCUT2D eigenvalue weighted by Crippen LogP contribution is 2.40. The van der Waals surface area contributed by atoms with E-state index in [4.69, 9.17) is 0 Å². The van der Waals surface area contributed by atoms with Gasteiger partial charge >= 0.3 is 0 Å². The molecular weight excluding hydrogens is 394 g/mol. The van der Waals surface area contributed by atoms with Crippen LogP contribution in [0, 0.1) is 0 Å². The standard InChI is InChI=1S/C24H23N3O2S/c28-22(25-15-6-10-18-8-2-1-3-9-18)14-17-27-20-12-4-5-13-21(20)30-23-19(24(27)29)11-7-16-26-23/h1-5,7-9,11-13,16H,6,10,14-15,17H2,(H,25,28). The molecule has 5 nitrogen and oxygen atoms in total. The highest BCUT2D eigenvalue weighted by atomic mass is 32.2. The van der Waals surface area contributed by atoms with E-state index in [9.17, 15) is 9.59 Å². The Morgan fingerprint density at radius 2 is 1.80 bits per heavy atom. The number of nitrogens with one attached hydrogen (secondary N) is 1. The Morgan fingerprint density at radius 3 is 2.67 bits per heavy atom. The third-order valence-electron chi connectivity index (χ3n) is 4.98. The average molecular weight is 418 g/mol. The van der Waals surface area contributed by atoms with Crippen molar-refractivity contribution in [1.82, 2.24) is 10.3 Å². The van der Waals surface area contributed by atoms with E-state index in [1.165, 1.54) is 17.3 Å². The van der Waals surface area contributed by atoms with Crippen molar-refractivity contribution >= 4 is 29.3 Å². The Morgan fingerprint density at radius 1 is 1.00 bits per heavy atom. The molecule has 4 rings (SSSR count). The zero-order valence-electron chi connectivity index (χ0n) is 16.6. The van der Waals surface area contributed by atoms with Gasteiger partial charge in [0.1, 0.15) is 5.03 Å². The van der Waals surface area contributed by atoms with Gasteiger partial charge in [-0.3, -0.25) is 9.59 Å². The van der Waals surface area contributed by atoms with Gasteiger partial charge in [-0.25, -0.2) is 4.98 Å². The van der Waals surface area contributed by atoms with Gasteiger partial charge in [-0.2, -0.15) is 0 Å². The van der Waals surface area contributed by atoms with E-state index in [2.05, 4.69) is 22.4 Å². The lowest BCUT2D eigenvalue weighted by Crippen LogP contribution is -2.35. The number of anilines is 1. The molecule has 1 N–H and O–H groups in total. The second kappa shape index (κ2) is 9.59. The van der Waals surface area contributed by atoms with Crippen LogP contribution in [0.25, 0.3) is 0 Å². The molecule has 2 amide bonds. The summed E-state index contributed by atoms with van der Waals surface area (Å²) in [7, 11) is 0. The number of fused-ring (bicyclic) bond motifs is 2. The SMILES string of the molecule is O=C(CCN1C(=O)c2cccnc2Sc2ccccc21)NCCCc1ccccc1. The Balaban J connectivity index is 1.37. The van der Waals surface area contributed by atoms with Crippen LogP contribution in [0.1, 0.15) is 28.8 Å². The van der Waals surface area contributed by atoms with Crippen molar-refractivity contribution in [2.24, 2.45) is 0 Å². The molecule has 0 saturated heterocycles. The van der Waals surface area contributed by atoms with Crippen molar-refractivity contribution in [2.75, 3.05) is 18.0 Å². The van der Waals surface area contributed by atoms with E-state index >= 15 is 0 Å². The first kappa shape index (κ1) is 20.2. The molecule has 0 saturated carbocycles. The summed E-state index contributed by atoms with van der Waals surface area (Å²) < 4.78 is 0. The largest absolute Gasteiger partial charge is 0.356 e. The maximum Gasteiger partial charge on any atom is 0.261 e. The van der Waals surface area contributed by atoms with Gasteiger partial charge in [0.25, 0.3) is 5.91 Å². The van der Waals surface area contributed by atoms with Crippen molar-refractivity contribution in [3.63, 3.8) is 0 Å². The highest BCUT2D eigenvalue weighted by molar-refractivity contribution is 7.99. The second-order valence-corrected chi connectivity index (χ2v) is 8.10. The van der Waals surface area contributed by atoms with Crippen LogP contribution >= 0.6 is 11.8 Å². The maximum atomic E-state index is 13.2. The third-order valence-corrected chi connectivity index (χ3v) is 6.06. The number of carbonyl (C=O) groups is 2. The van der Waals surface area contributed by atoms with Crippen molar-refractivity contribution < 1.29 is 9.59 Å². The molecule has 0 atom stereocenters. The molecule has 1 aliphatic heterocycles. The third kappa shape index (κ3) is 4.71. The van der Waals surface area contributed by atoms with Crippen LogP contribution in [0.3, 0.4) is 0 Å². The summed E-state index contributed by atoms with van der Waals surface area (Å²) in [5.74, 6) is -0.163. The minimum absolute atomic E-state index is 0.0448. The van der Waals surface area contributed by atoms with Gasteiger partial charge in [-0.1, -0.05) is 54.2 Å². The van der Waals surface area contributed by atoms with Gasteiger partial charge < -0.3 is 10.2 Å². The first-order chi connectivity index (χ1) is 14.7. The monoisotopic (exact) mass is 417 g/mol. The molecular formula is C24H23N3O2S. The fraction of sp³-hybridized carbons (Fsp3) is 0.208. The average Bonchev–Trinajstić information content (AvgIpc) is 2.90. The van der Waals surface area contributed by atoms with E-state index in [0.29, 0.717) is 23.7 Å². The topological polar surface area (TPSA) is 62.3 Å². The van der Waals surface area contributed by atoms with Crippen molar-refractivity contribution in [3.8, 4) is 0 Å². The van der Waals surface area contributed by atoms with Gasteiger partial charge in [0.2, 0.25) is 5.91 Å².